The Morgan fingerprint density at radius 3 is 2.44 bits per heavy atom. The van der Waals surface area contributed by atoms with Crippen LogP contribution in [-0.4, -0.2) is 22.0 Å². The second kappa shape index (κ2) is 9.08. The highest BCUT2D eigenvalue weighted by molar-refractivity contribution is 7.15. The molecule has 0 aliphatic rings. The molecule has 2 amide bonds. The van der Waals surface area contributed by atoms with E-state index in [0.29, 0.717) is 16.4 Å². The van der Waals surface area contributed by atoms with E-state index in [-0.39, 0.29) is 23.1 Å². The molecule has 0 radical (unpaired) electrons. The molecule has 0 atom stereocenters. The summed E-state index contributed by atoms with van der Waals surface area (Å²) in [6.07, 6.45) is 2.51. The van der Waals surface area contributed by atoms with E-state index in [0.717, 1.165) is 24.3 Å². The van der Waals surface area contributed by atoms with Gasteiger partial charge in [0.25, 0.3) is 5.91 Å². The molecule has 0 spiro atoms. The summed E-state index contributed by atoms with van der Waals surface area (Å²) in [6, 6.07) is 6.92. The average Bonchev–Trinajstić information content (AvgIpc) is 3.12. The molecule has 1 aromatic carbocycles. The van der Waals surface area contributed by atoms with E-state index >= 15 is 0 Å². The molecule has 27 heavy (non-hydrogen) atoms. The molecular weight excluding hydrogens is 360 g/mol. The third kappa shape index (κ3) is 5.35. The Hall–Kier alpha value is -2.28. The molecule has 7 heteroatoms. The van der Waals surface area contributed by atoms with Crippen molar-refractivity contribution in [3.63, 3.8) is 0 Å². The molecule has 0 unspecified atom stereocenters. The van der Waals surface area contributed by atoms with Crippen LogP contribution < -0.4 is 10.6 Å². The van der Waals surface area contributed by atoms with E-state index in [1.165, 1.54) is 11.3 Å². The van der Waals surface area contributed by atoms with Crippen LogP contribution in [-0.2, 0) is 10.2 Å². The fraction of sp³-hybridized carbons (Fsp3) is 0.500. The van der Waals surface area contributed by atoms with Gasteiger partial charge in [-0.25, -0.2) is 0 Å². The molecule has 0 saturated heterocycles. The van der Waals surface area contributed by atoms with Crippen molar-refractivity contribution in [3.05, 3.63) is 34.8 Å². The standard InChI is InChI=1S/C20H28N4O2S/c1-6-13(7-2)16(25)21-15-11-9-10-14(12-15)17(26)22-19-24-23-18(27-19)20(4,5)8-3/h9-13H,6-8H2,1-5H3,(H,21,25)(H,22,24,26). The Balaban J connectivity index is 2.08. The molecule has 0 fully saturated rings. The summed E-state index contributed by atoms with van der Waals surface area (Å²) in [5.41, 5.74) is 1.01. The number of nitrogens with zero attached hydrogens (tertiary/aromatic N) is 2. The molecule has 0 bridgehead atoms. The van der Waals surface area contributed by atoms with Gasteiger partial charge in [0.05, 0.1) is 0 Å². The van der Waals surface area contributed by atoms with Gasteiger partial charge < -0.3 is 5.32 Å². The Morgan fingerprint density at radius 1 is 1.11 bits per heavy atom. The lowest BCUT2D eigenvalue weighted by Gasteiger charge is -2.17. The lowest BCUT2D eigenvalue weighted by molar-refractivity contribution is -0.120. The van der Waals surface area contributed by atoms with Crippen LogP contribution in [0.5, 0.6) is 0 Å². The predicted octanol–water partition coefficient (Wildman–Crippen LogP) is 4.85. The second-order valence-corrected chi connectivity index (χ2v) is 8.16. The highest BCUT2D eigenvalue weighted by Crippen LogP contribution is 2.31. The van der Waals surface area contributed by atoms with E-state index in [2.05, 4.69) is 41.6 Å². The molecule has 2 aromatic rings. The van der Waals surface area contributed by atoms with Crippen molar-refractivity contribution < 1.29 is 9.59 Å². The minimum absolute atomic E-state index is 0.0203. The minimum Gasteiger partial charge on any atom is -0.326 e. The SMILES string of the molecule is CCC(CC)C(=O)Nc1cccc(C(=O)Nc2nnc(C(C)(C)CC)s2)c1. The molecule has 0 aliphatic carbocycles. The molecule has 2 N–H and O–H groups in total. The lowest BCUT2D eigenvalue weighted by Crippen LogP contribution is -2.22. The van der Waals surface area contributed by atoms with Gasteiger partial charge in [-0.1, -0.05) is 52.0 Å². The van der Waals surface area contributed by atoms with Gasteiger partial charge in [-0.05, 0) is 37.5 Å². The van der Waals surface area contributed by atoms with Crippen LogP contribution in [0.3, 0.4) is 0 Å². The smallest absolute Gasteiger partial charge is 0.257 e. The number of anilines is 2. The van der Waals surface area contributed by atoms with Crippen LogP contribution in [0.25, 0.3) is 0 Å². The predicted molar refractivity (Wildman–Crippen MR) is 110 cm³/mol. The van der Waals surface area contributed by atoms with Crippen molar-refractivity contribution in [2.75, 3.05) is 10.6 Å². The zero-order valence-corrected chi connectivity index (χ0v) is 17.4. The van der Waals surface area contributed by atoms with Crippen molar-refractivity contribution in [2.24, 2.45) is 5.92 Å². The quantitative estimate of drug-likeness (QED) is 0.677. The third-order valence-corrected chi connectivity index (χ3v) is 6.06. The number of nitrogens with one attached hydrogen (secondary N) is 2. The summed E-state index contributed by atoms with van der Waals surface area (Å²) in [5.74, 6) is -0.317. The van der Waals surface area contributed by atoms with E-state index in [1.807, 2.05) is 13.8 Å². The Labute approximate surface area is 164 Å². The highest BCUT2D eigenvalue weighted by atomic mass is 32.1. The summed E-state index contributed by atoms with van der Waals surface area (Å²) in [4.78, 5) is 24.8. The number of hydrogen-bond donors (Lipinski definition) is 2. The minimum atomic E-state index is -0.273. The maximum absolute atomic E-state index is 12.5. The van der Waals surface area contributed by atoms with Crippen LogP contribution in [0, 0.1) is 5.92 Å². The first kappa shape index (κ1) is 21.0. The van der Waals surface area contributed by atoms with Crippen LogP contribution >= 0.6 is 11.3 Å². The van der Waals surface area contributed by atoms with Gasteiger partial charge in [0.1, 0.15) is 5.01 Å². The number of carbonyl (C=O) groups is 2. The second-order valence-electron chi connectivity index (χ2n) is 7.19. The number of benzene rings is 1. The Kier molecular flexibility index (Phi) is 7.07. The first-order chi connectivity index (χ1) is 12.8. The summed E-state index contributed by atoms with van der Waals surface area (Å²) in [6.45, 7) is 10.3. The van der Waals surface area contributed by atoms with E-state index in [4.69, 9.17) is 0 Å². The molecular formula is C20H28N4O2S. The van der Waals surface area contributed by atoms with Crippen molar-refractivity contribution in [1.82, 2.24) is 10.2 Å². The largest absolute Gasteiger partial charge is 0.326 e. The van der Waals surface area contributed by atoms with Crippen molar-refractivity contribution in [3.8, 4) is 0 Å². The van der Waals surface area contributed by atoms with Gasteiger partial charge >= 0.3 is 0 Å². The molecule has 1 aromatic heterocycles. The third-order valence-electron chi connectivity index (χ3n) is 4.86. The normalized spacial score (nSPS) is 11.5. The van der Waals surface area contributed by atoms with Crippen molar-refractivity contribution in [1.29, 1.82) is 0 Å². The van der Waals surface area contributed by atoms with Crippen molar-refractivity contribution in [2.45, 2.75) is 59.3 Å². The highest BCUT2D eigenvalue weighted by Gasteiger charge is 2.23. The molecule has 1 heterocycles. The number of amides is 2. The summed E-state index contributed by atoms with van der Waals surface area (Å²) >= 11 is 1.39. The average molecular weight is 389 g/mol. The summed E-state index contributed by atoms with van der Waals surface area (Å²) in [7, 11) is 0. The first-order valence-corrected chi connectivity index (χ1v) is 10.2. The van der Waals surface area contributed by atoms with Gasteiger partial charge in [0.2, 0.25) is 11.0 Å². The molecule has 0 saturated carbocycles. The fourth-order valence-corrected chi connectivity index (χ4v) is 3.42. The number of carbonyl (C=O) groups excluding carboxylic acids is 2. The zero-order chi connectivity index (χ0) is 20.0. The maximum atomic E-state index is 12.5. The monoisotopic (exact) mass is 388 g/mol. The number of hydrogen-bond acceptors (Lipinski definition) is 5. The van der Waals surface area contributed by atoms with Crippen LogP contribution in [0.1, 0.15) is 69.2 Å². The molecule has 6 nitrogen and oxygen atoms in total. The maximum Gasteiger partial charge on any atom is 0.257 e. The molecule has 146 valence electrons. The van der Waals surface area contributed by atoms with Crippen LogP contribution in [0.2, 0.25) is 0 Å². The van der Waals surface area contributed by atoms with Gasteiger partial charge in [-0.3, -0.25) is 14.9 Å². The number of rotatable bonds is 8. The Morgan fingerprint density at radius 2 is 1.81 bits per heavy atom. The Bertz CT molecular complexity index is 797. The number of aromatic nitrogens is 2. The van der Waals surface area contributed by atoms with Gasteiger partial charge in [-0.2, -0.15) is 0 Å². The molecule has 2 rings (SSSR count). The first-order valence-electron chi connectivity index (χ1n) is 9.37. The fourth-order valence-electron chi connectivity index (χ4n) is 2.51. The van der Waals surface area contributed by atoms with Crippen LogP contribution in [0.15, 0.2) is 24.3 Å². The summed E-state index contributed by atoms with van der Waals surface area (Å²) < 4.78 is 0. The van der Waals surface area contributed by atoms with Gasteiger partial charge in [-0.15, -0.1) is 10.2 Å². The lowest BCUT2D eigenvalue weighted by atomic mass is 9.91. The van der Waals surface area contributed by atoms with E-state index < -0.39 is 0 Å². The summed E-state index contributed by atoms with van der Waals surface area (Å²) in [5, 5.41) is 15.3. The zero-order valence-electron chi connectivity index (χ0n) is 16.6. The molecule has 0 aliphatic heterocycles. The topological polar surface area (TPSA) is 84.0 Å². The van der Waals surface area contributed by atoms with E-state index in [1.54, 1.807) is 24.3 Å². The van der Waals surface area contributed by atoms with Gasteiger partial charge in [0, 0.05) is 22.6 Å². The van der Waals surface area contributed by atoms with E-state index in [9.17, 15) is 9.59 Å². The van der Waals surface area contributed by atoms with Crippen molar-refractivity contribution >= 4 is 34.0 Å². The van der Waals surface area contributed by atoms with Gasteiger partial charge in [0.15, 0.2) is 0 Å². The van der Waals surface area contributed by atoms with Crippen LogP contribution in [0.4, 0.5) is 10.8 Å².